The number of ether oxygens (including phenoxy) is 1. The second kappa shape index (κ2) is 10.8. The maximum Gasteiger partial charge on any atom is 0.124 e. The zero-order chi connectivity index (χ0) is 17.0. The zero-order valence-corrected chi connectivity index (χ0v) is 14.4. The lowest BCUT2D eigenvalue weighted by molar-refractivity contribution is 0.292. The summed E-state index contributed by atoms with van der Waals surface area (Å²) in [5.74, 6) is 0.934. The van der Waals surface area contributed by atoms with Gasteiger partial charge in [0.15, 0.2) is 0 Å². The highest BCUT2D eigenvalue weighted by molar-refractivity contribution is 5.33. The molecule has 0 aliphatic rings. The molecule has 0 radical (unpaired) electrons. The van der Waals surface area contributed by atoms with Gasteiger partial charge in [0.25, 0.3) is 0 Å². The van der Waals surface area contributed by atoms with Gasteiger partial charge in [-0.2, -0.15) is 0 Å². The van der Waals surface area contributed by atoms with Gasteiger partial charge in [-0.1, -0.05) is 48.0 Å². The number of benzene rings is 2. The zero-order valence-electron chi connectivity index (χ0n) is 14.4. The van der Waals surface area contributed by atoms with Crippen LogP contribution in [0.25, 0.3) is 0 Å². The number of nitrogens with one attached hydrogen (secondary N) is 2. The fourth-order valence-corrected chi connectivity index (χ4v) is 2.40. The molecule has 130 valence electrons. The van der Waals surface area contributed by atoms with Gasteiger partial charge in [0.2, 0.25) is 0 Å². The average molecular weight is 328 g/mol. The first-order chi connectivity index (χ1) is 11.8. The molecule has 0 saturated heterocycles. The maximum absolute atomic E-state index is 8.70. The third kappa shape index (κ3) is 6.71. The first-order valence-corrected chi connectivity index (χ1v) is 8.58. The number of aryl methyl sites for hydroxylation is 1. The van der Waals surface area contributed by atoms with E-state index in [0.717, 1.165) is 31.8 Å². The van der Waals surface area contributed by atoms with Crippen LogP contribution in [0.1, 0.15) is 23.1 Å². The molecule has 0 aromatic heterocycles. The fraction of sp³-hybridized carbons (Fsp3) is 0.400. The van der Waals surface area contributed by atoms with E-state index in [-0.39, 0.29) is 6.61 Å². The summed E-state index contributed by atoms with van der Waals surface area (Å²) in [5, 5.41) is 15.3. The molecule has 0 atom stereocenters. The number of aliphatic hydroxyl groups is 1. The Kier molecular flexibility index (Phi) is 8.32. The summed E-state index contributed by atoms with van der Waals surface area (Å²) in [6.45, 7) is 6.18. The van der Waals surface area contributed by atoms with Crippen LogP contribution in [0.4, 0.5) is 0 Å². The Morgan fingerprint density at radius 1 is 0.917 bits per heavy atom. The molecule has 0 unspecified atom stereocenters. The van der Waals surface area contributed by atoms with E-state index in [4.69, 9.17) is 9.84 Å². The van der Waals surface area contributed by atoms with Gasteiger partial charge in [0.05, 0.1) is 6.61 Å². The summed E-state index contributed by atoms with van der Waals surface area (Å²) in [7, 11) is 0. The van der Waals surface area contributed by atoms with Crippen LogP contribution in [0.15, 0.2) is 48.5 Å². The standard InChI is InChI=1S/C20H28N2O2/c1-17-7-9-18(10-8-17)16-24-20-6-3-2-5-19(20)15-22-12-4-11-21-13-14-23/h2-3,5-10,21-23H,4,11-16H2,1H3. The Morgan fingerprint density at radius 3 is 2.46 bits per heavy atom. The third-order valence-corrected chi connectivity index (χ3v) is 3.80. The lowest BCUT2D eigenvalue weighted by Crippen LogP contribution is -2.24. The molecule has 0 spiro atoms. The molecular formula is C20H28N2O2. The van der Waals surface area contributed by atoms with Crippen molar-refractivity contribution < 1.29 is 9.84 Å². The molecule has 24 heavy (non-hydrogen) atoms. The van der Waals surface area contributed by atoms with E-state index < -0.39 is 0 Å². The van der Waals surface area contributed by atoms with Crippen molar-refractivity contribution in [3.63, 3.8) is 0 Å². The Morgan fingerprint density at radius 2 is 1.67 bits per heavy atom. The minimum absolute atomic E-state index is 0.194. The van der Waals surface area contributed by atoms with Gasteiger partial charge in [0.1, 0.15) is 12.4 Å². The molecule has 0 aliphatic heterocycles. The van der Waals surface area contributed by atoms with Crippen LogP contribution < -0.4 is 15.4 Å². The summed E-state index contributed by atoms with van der Waals surface area (Å²) < 4.78 is 5.99. The van der Waals surface area contributed by atoms with Crippen molar-refractivity contribution in [2.45, 2.75) is 26.5 Å². The first-order valence-electron chi connectivity index (χ1n) is 8.58. The Hall–Kier alpha value is -1.88. The summed E-state index contributed by atoms with van der Waals surface area (Å²) in [6, 6.07) is 16.6. The molecule has 0 amide bonds. The summed E-state index contributed by atoms with van der Waals surface area (Å²) >= 11 is 0. The SMILES string of the molecule is Cc1ccc(COc2ccccc2CNCCCNCCO)cc1. The Balaban J connectivity index is 1.76. The predicted molar refractivity (Wildman–Crippen MR) is 98.2 cm³/mol. The van der Waals surface area contributed by atoms with Crippen molar-refractivity contribution in [1.82, 2.24) is 10.6 Å². The number of rotatable bonds is 11. The van der Waals surface area contributed by atoms with E-state index in [1.165, 1.54) is 16.7 Å². The molecule has 0 fully saturated rings. The van der Waals surface area contributed by atoms with Gasteiger partial charge in [-0.05, 0) is 38.1 Å². The normalized spacial score (nSPS) is 10.8. The van der Waals surface area contributed by atoms with Gasteiger partial charge < -0.3 is 20.5 Å². The first kappa shape index (κ1) is 18.5. The molecule has 4 heteroatoms. The summed E-state index contributed by atoms with van der Waals surface area (Å²) in [6.07, 6.45) is 1.03. The smallest absolute Gasteiger partial charge is 0.124 e. The van der Waals surface area contributed by atoms with E-state index >= 15 is 0 Å². The van der Waals surface area contributed by atoms with Crippen LogP contribution in [0.5, 0.6) is 5.75 Å². The highest BCUT2D eigenvalue weighted by atomic mass is 16.5. The molecule has 2 aromatic rings. The minimum Gasteiger partial charge on any atom is -0.489 e. The average Bonchev–Trinajstić information content (AvgIpc) is 2.61. The van der Waals surface area contributed by atoms with Crippen molar-refractivity contribution in [2.75, 3.05) is 26.2 Å². The fourth-order valence-electron chi connectivity index (χ4n) is 2.40. The van der Waals surface area contributed by atoms with Gasteiger partial charge in [-0.15, -0.1) is 0 Å². The van der Waals surface area contributed by atoms with Crippen LogP contribution in [-0.4, -0.2) is 31.3 Å². The molecule has 0 bridgehead atoms. The number of hydrogen-bond acceptors (Lipinski definition) is 4. The van der Waals surface area contributed by atoms with Crippen LogP contribution in [0, 0.1) is 6.92 Å². The highest BCUT2D eigenvalue weighted by Crippen LogP contribution is 2.19. The topological polar surface area (TPSA) is 53.5 Å². The van der Waals surface area contributed by atoms with Gasteiger partial charge in [-0.3, -0.25) is 0 Å². The van der Waals surface area contributed by atoms with Crippen molar-refractivity contribution in [1.29, 1.82) is 0 Å². The number of aliphatic hydroxyl groups excluding tert-OH is 1. The minimum atomic E-state index is 0.194. The lowest BCUT2D eigenvalue weighted by Gasteiger charge is -2.12. The van der Waals surface area contributed by atoms with Crippen molar-refractivity contribution in [2.24, 2.45) is 0 Å². The Labute approximate surface area is 144 Å². The largest absolute Gasteiger partial charge is 0.489 e. The molecule has 3 N–H and O–H groups in total. The Bertz CT molecular complexity index is 584. The van der Waals surface area contributed by atoms with Crippen LogP contribution >= 0.6 is 0 Å². The lowest BCUT2D eigenvalue weighted by atomic mass is 10.1. The van der Waals surface area contributed by atoms with E-state index in [2.05, 4.69) is 47.9 Å². The quantitative estimate of drug-likeness (QED) is 0.555. The van der Waals surface area contributed by atoms with Crippen LogP contribution in [-0.2, 0) is 13.2 Å². The van der Waals surface area contributed by atoms with Crippen molar-refractivity contribution in [3.8, 4) is 5.75 Å². The van der Waals surface area contributed by atoms with E-state index in [1.807, 2.05) is 18.2 Å². The van der Waals surface area contributed by atoms with Gasteiger partial charge >= 0.3 is 0 Å². The van der Waals surface area contributed by atoms with Crippen molar-refractivity contribution >= 4 is 0 Å². The monoisotopic (exact) mass is 328 g/mol. The molecule has 4 nitrogen and oxygen atoms in total. The second-order valence-electron chi connectivity index (χ2n) is 5.89. The van der Waals surface area contributed by atoms with E-state index in [0.29, 0.717) is 13.2 Å². The number of hydrogen-bond donors (Lipinski definition) is 3. The predicted octanol–water partition coefficient (Wildman–Crippen LogP) is 2.64. The van der Waals surface area contributed by atoms with Crippen LogP contribution in [0.2, 0.25) is 0 Å². The van der Waals surface area contributed by atoms with Crippen molar-refractivity contribution in [3.05, 3.63) is 65.2 Å². The van der Waals surface area contributed by atoms with E-state index in [9.17, 15) is 0 Å². The molecular weight excluding hydrogens is 300 g/mol. The highest BCUT2D eigenvalue weighted by Gasteiger charge is 2.03. The number of para-hydroxylation sites is 1. The second-order valence-corrected chi connectivity index (χ2v) is 5.89. The third-order valence-electron chi connectivity index (χ3n) is 3.80. The van der Waals surface area contributed by atoms with E-state index in [1.54, 1.807) is 0 Å². The van der Waals surface area contributed by atoms with Gasteiger partial charge in [0, 0.05) is 18.7 Å². The molecule has 2 aromatic carbocycles. The maximum atomic E-state index is 8.70. The summed E-state index contributed by atoms with van der Waals surface area (Å²) in [4.78, 5) is 0. The van der Waals surface area contributed by atoms with Gasteiger partial charge in [-0.25, -0.2) is 0 Å². The summed E-state index contributed by atoms with van der Waals surface area (Å²) in [5.41, 5.74) is 3.61. The molecule has 0 saturated carbocycles. The molecule has 0 heterocycles. The van der Waals surface area contributed by atoms with Crippen LogP contribution in [0.3, 0.4) is 0 Å². The molecule has 0 aliphatic carbocycles. The molecule has 2 rings (SSSR count).